The van der Waals surface area contributed by atoms with Crippen LogP contribution >= 0.6 is 50.2 Å². The molecule has 0 aliphatic rings. The van der Waals surface area contributed by atoms with E-state index in [0.717, 1.165) is 24.1 Å². The van der Waals surface area contributed by atoms with E-state index >= 15 is 0 Å². The second-order valence-corrected chi connectivity index (χ2v) is 7.24. The lowest BCUT2D eigenvalue weighted by atomic mass is 10.1. The molecular weight excluding hydrogens is 314 g/mol. The summed E-state index contributed by atoms with van der Waals surface area (Å²) < 4.78 is 1.93. The molecule has 0 fully saturated rings. The average Bonchev–Trinajstić information content (AvgIpc) is 2.74. The molecular formula is C10H9BrClNS2. The van der Waals surface area contributed by atoms with Gasteiger partial charge in [0.2, 0.25) is 0 Å². The van der Waals surface area contributed by atoms with E-state index in [0.29, 0.717) is 0 Å². The van der Waals surface area contributed by atoms with Crippen molar-refractivity contribution in [1.29, 1.82) is 0 Å². The van der Waals surface area contributed by atoms with Crippen LogP contribution in [0.3, 0.4) is 0 Å². The minimum atomic E-state index is -0.0660. The standard InChI is InChI=1S/C10H9BrClNS2/c1-5-2-7(15-10(5)12)9(13)6-3-8(11)14-4-6/h2-4,9H,13H2,1H3. The van der Waals surface area contributed by atoms with Crippen molar-refractivity contribution in [2.45, 2.75) is 13.0 Å². The number of thiophene rings is 2. The maximum absolute atomic E-state index is 6.15. The molecule has 2 aromatic rings. The maximum atomic E-state index is 6.15. The van der Waals surface area contributed by atoms with E-state index in [1.165, 1.54) is 0 Å². The van der Waals surface area contributed by atoms with Gasteiger partial charge in [-0.05, 0) is 51.5 Å². The summed E-state index contributed by atoms with van der Waals surface area (Å²) >= 11 is 12.7. The first-order valence-corrected chi connectivity index (χ1v) is 7.20. The summed E-state index contributed by atoms with van der Waals surface area (Å²) in [4.78, 5) is 1.11. The highest BCUT2D eigenvalue weighted by Crippen LogP contribution is 2.34. The summed E-state index contributed by atoms with van der Waals surface area (Å²) in [6.45, 7) is 2.00. The predicted molar refractivity (Wildman–Crippen MR) is 72.1 cm³/mol. The van der Waals surface area contributed by atoms with Gasteiger partial charge in [-0.1, -0.05) is 11.6 Å². The molecule has 80 valence electrons. The molecule has 5 heteroatoms. The smallest absolute Gasteiger partial charge is 0.0961 e. The first-order valence-electron chi connectivity index (χ1n) is 4.33. The fourth-order valence-corrected chi connectivity index (χ4v) is 3.75. The second kappa shape index (κ2) is 4.55. The van der Waals surface area contributed by atoms with Gasteiger partial charge in [0.05, 0.1) is 14.2 Å². The molecule has 0 bridgehead atoms. The third-order valence-corrected chi connectivity index (χ3v) is 5.29. The van der Waals surface area contributed by atoms with Crippen molar-refractivity contribution >= 4 is 50.2 Å². The van der Waals surface area contributed by atoms with E-state index in [1.54, 1.807) is 22.7 Å². The van der Waals surface area contributed by atoms with Gasteiger partial charge in [0.15, 0.2) is 0 Å². The SMILES string of the molecule is Cc1cc(C(N)c2csc(Br)c2)sc1Cl. The minimum Gasteiger partial charge on any atom is -0.320 e. The quantitative estimate of drug-likeness (QED) is 0.860. The fraction of sp³-hybridized carbons (Fsp3) is 0.200. The van der Waals surface area contributed by atoms with Crippen LogP contribution in [0.4, 0.5) is 0 Å². The largest absolute Gasteiger partial charge is 0.320 e. The van der Waals surface area contributed by atoms with Gasteiger partial charge in [0, 0.05) is 4.88 Å². The van der Waals surface area contributed by atoms with Crippen LogP contribution in [0.2, 0.25) is 4.34 Å². The molecule has 0 aromatic carbocycles. The van der Waals surface area contributed by atoms with Crippen molar-refractivity contribution in [2.24, 2.45) is 5.73 Å². The van der Waals surface area contributed by atoms with Crippen molar-refractivity contribution in [1.82, 2.24) is 0 Å². The predicted octanol–water partition coefficient (Wildman–Crippen LogP) is 4.58. The van der Waals surface area contributed by atoms with Crippen molar-refractivity contribution in [3.63, 3.8) is 0 Å². The average molecular weight is 323 g/mol. The summed E-state index contributed by atoms with van der Waals surface area (Å²) in [5.41, 5.74) is 8.38. The molecule has 2 N–H and O–H groups in total. The van der Waals surface area contributed by atoms with Crippen molar-refractivity contribution in [2.75, 3.05) is 0 Å². The molecule has 0 saturated carbocycles. The van der Waals surface area contributed by atoms with Gasteiger partial charge in [-0.25, -0.2) is 0 Å². The van der Waals surface area contributed by atoms with E-state index in [2.05, 4.69) is 33.4 Å². The topological polar surface area (TPSA) is 26.0 Å². The molecule has 15 heavy (non-hydrogen) atoms. The molecule has 0 spiro atoms. The second-order valence-electron chi connectivity index (χ2n) is 3.27. The molecule has 2 rings (SSSR count). The van der Waals surface area contributed by atoms with Gasteiger partial charge in [0.1, 0.15) is 0 Å². The monoisotopic (exact) mass is 321 g/mol. The van der Waals surface area contributed by atoms with Crippen molar-refractivity contribution in [3.8, 4) is 0 Å². The molecule has 0 amide bonds. The van der Waals surface area contributed by atoms with Crippen LogP contribution in [0.25, 0.3) is 0 Å². The Morgan fingerprint density at radius 3 is 2.67 bits per heavy atom. The summed E-state index contributed by atoms with van der Waals surface area (Å²) in [5, 5.41) is 2.07. The lowest BCUT2D eigenvalue weighted by Crippen LogP contribution is -2.08. The number of hydrogen-bond donors (Lipinski definition) is 1. The van der Waals surface area contributed by atoms with Crippen LogP contribution in [0.1, 0.15) is 22.0 Å². The Kier molecular flexibility index (Phi) is 3.52. The number of aryl methyl sites for hydroxylation is 1. The Morgan fingerprint density at radius 2 is 2.20 bits per heavy atom. The summed E-state index contributed by atoms with van der Waals surface area (Å²) in [6.07, 6.45) is 0. The molecule has 0 saturated heterocycles. The van der Waals surface area contributed by atoms with E-state index in [4.69, 9.17) is 17.3 Å². The molecule has 2 heterocycles. The van der Waals surface area contributed by atoms with Crippen LogP contribution in [0.15, 0.2) is 21.3 Å². The van der Waals surface area contributed by atoms with Gasteiger partial charge < -0.3 is 5.73 Å². The third kappa shape index (κ3) is 2.45. The van der Waals surface area contributed by atoms with Gasteiger partial charge in [-0.2, -0.15) is 0 Å². The zero-order valence-electron chi connectivity index (χ0n) is 7.96. The van der Waals surface area contributed by atoms with Crippen LogP contribution < -0.4 is 5.73 Å². The molecule has 0 aliphatic heterocycles. The third-order valence-electron chi connectivity index (χ3n) is 2.13. The maximum Gasteiger partial charge on any atom is 0.0961 e. The van der Waals surface area contributed by atoms with Crippen molar-refractivity contribution in [3.05, 3.63) is 41.6 Å². The molecule has 2 aromatic heterocycles. The van der Waals surface area contributed by atoms with E-state index in [-0.39, 0.29) is 6.04 Å². The highest BCUT2D eigenvalue weighted by molar-refractivity contribution is 9.11. The summed E-state index contributed by atoms with van der Waals surface area (Å²) in [5.74, 6) is 0. The zero-order chi connectivity index (χ0) is 11.0. The number of halogens is 2. The van der Waals surface area contributed by atoms with Gasteiger partial charge >= 0.3 is 0 Å². The number of nitrogens with two attached hydrogens (primary N) is 1. The van der Waals surface area contributed by atoms with E-state index in [1.807, 2.05) is 6.92 Å². The van der Waals surface area contributed by atoms with Crippen LogP contribution in [-0.4, -0.2) is 0 Å². The minimum absolute atomic E-state index is 0.0660. The molecule has 1 nitrogen and oxygen atoms in total. The Balaban J connectivity index is 2.31. The highest BCUT2D eigenvalue weighted by atomic mass is 79.9. The van der Waals surface area contributed by atoms with Crippen molar-refractivity contribution < 1.29 is 0 Å². The molecule has 1 unspecified atom stereocenters. The van der Waals surface area contributed by atoms with Gasteiger partial charge in [-0.3, -0.25) is 0 Å². The number of hydrogen-bond acceptors (Lipinski definition) is 3. The zero-order valence-corrected chi connectivity index (χ0v) is 11.9. The van der Waals surface area contributed by atoms with Crippen LogP contribution in [0, 0.1) is 6.92 Å². The lowest BCUT2D eigenvalue weighted by molar-refractivity contribution is 0.898. The van der Waals surface area contributed by atoms with E-state index in [9.17, 15) is 0 Å². The Hall–Kier alpha value is 0.130. The summed E-state index contributed by atoms with van der Waals surface area (Å²) in [7, 11) is 0. The van der Waals surface area contributed by atoms with Gasteiger partial charge in [-0.15, -0.1) is 22.7 Å². The first kappa shape index (κ1) is 11.6. The highest BCUT2D eigenvalue weighted by Gasteiger charge is 2.14. The normalized spacial score (nSPS) is 13.1. The van der Waals surface area contributed by atoms with Crippen LogP contribution in [0.5, 0.6) is 0 Å². The lowest BCUT2D eigenvalue weighted by Gasteiger charge is -2.05. The van der Waals surface area contributed by atoms with Gasteiger partial charge in [0.25, 0.3) is 0 Å². The fourth-order valence-electron chi connectivity index (χ4n) is 1.29. The van der Waals surface area contributed by atoms with Crippen LogP contribution in [-0.2, 0) is 0 Å². The molecule has 0 aliphatic carbocycles. The first-order chi connectivity index (χ1) is 7.08. The van der Waals surface area contributed by atoms with E-state index < -0.39 is 0 Å². The molecule has 1 atom stereocenters. The summed E-state index contributed by atoms with van der Waals surface area (Å²) in [6, 6.07) is 4.05. The molecule has 0 radical (unpaired) electrons. The Labute approximate surface area is 110 Å². The Morgan fingerprint density at radius 1 is 1.47 bits per heavy atom. The Bertz CT molecular complexity index is 458. The number of rotatable bonds is 2.